The van der Waals surface area contributed by atoms with Crippen molar-refractivity contribution in [2.24, 2.45) is 0 Å². The van der Waals surface area contributed by atoms with Crippen LogP contribution in [0.3, 0.4) is 0 Å². The van der Waals surface area contributed by atoms with Crippen molar-refractivity contribution >= 4 is 0 Å². The molecule has 0 bridgehead atoms. The molecule has 0 spiro atoms. The lowest BCUT2D eigenvalue weighted by molar-refractivity contribution is 0.0687. The Morgan fingerprint density at radius 3 is 3.00 bits per heavy atom. The van der Waals surface area contributed by atoms with E-state index in [0.717, 1.165) is 44.8 Å². The van der Waals surface area contributed by atoms with Gasteiger partial charge in [-0.15, -0.1) is 0 Å². The number of ether oxygens (including phenoxy) is 3. The molecule has 0 aliphatic carbocycles. The molecule has 0 saturated carbocycles. The van der Waals surface area contributed by atoms with Gasteiger partial charge < -0.3 is 19.5 Å². The molecule has 1 aromatic rings. The molecule has 1 unspecified atom stereocenters. The Morgan fingerprint density at radius 2 is 2.10 bits per heavy atom. The predicted molar refractivity (Wildman–Crippen MR) is 79.2 cm³/mol. The van der Waals surface area contributed by atoms with Crippen LogP contribution < -0.4 is 10.1 Å². The predicted octanol–water partition coefficient (Wildman–Crippen LogP) is 2.54. The van der Waals surface area contributed by atoms with Gasteiger partial charge in [0.2, 0.25) is 0 Å². The van der Waals surface area contributed by atoms with Crippen molar-refractivity contribution in [3.63, 3.8) is 0 Å². The maximum Gasteiger partial charge on any atom is 0.124 e. The third kappa shape index (κ3) is 4.78. The normalized spacial score (nSPS) is 17.6. The van der Waals surface area contributed by atoms with Crippen LogP contribution in [-0.4, -0.2) is 40.1 Å². The number of nitrogens with one attached hydrogen (secondary N) is 1. The monoisotopic (exact) mass is 279 g/mol. The molecule has 0 saturated heterocycles. The van der Waals surface area contributed by atoms with Gasteiger partial charge in [-0.3, -0.25) is 0 Å². The van der Waals surface area contributed by atoms with E-state index in [1.54, 1.807) is 7.11 Å². The quantitative estimate of drug-likeness (QED) is 0.705. The first kappa shape index (κ1) is 15.3. The molecule has 112 valence electrons. The van der Waals surface area contributed by atoms with E-state index in [9.17, 15) is 0 Å². The number of unbranched alkanes of at least 4 members (excludes halogenated alkanes) is 1. The summed E-state index contributed by atoms with van der Waals surface area (Å²) in [5.74, 6) is 1.03. The van der Waals surface area contributed by atoms with Crippen molar-refractivity contribution in [3.05, 3.63) is 29.8 Å². The van der Waals surface area contributed by atoms with E-state index in [4.69, 9.17) is 14.2 Å². The van der Waals surface area contributed by atoms with Gasteiger partial charge in [0, 0.05) is 31.7 Å². The van der Waals surface area contributed by atoms with Crippen LogP contribution >= 0.6 is 0 Å². The van der Waals surface area contributed by atoms with Crippen LogP contribution in [-0.2, 0) is 9.47 Å². The fraction of sp³-hybridized carbons (Fsp3) is 0.625. The van der Waals surface area contributed by atoms with Crippen molar-refractivity contribution in [2.75, 3.05) is 40.1 Å². The van der Waals surface area contributed by atoms with Crippen molar-refractivity contribution in [1.29, 1.82) is 0 Å². The third-order valence-electron chi connectivity index (χ3n) is 3.50. The summed E-state index contributed by atoms with van der Waals surface area (Å²) in [7, 11) is 1.69. The molecule has 0 aromatic heterocycles. The number of benzene rings is 1. The van der Waals surface area contributed by atoms with Gasteiger partial charge in [-0.1, -0.05) is 18.2 Å². The van der Waals surface area contributed by atoms with Gasteiger partial charge >= 0.3 is 0 Å². The Balaban J connectivity index is 1.61. The number of para-hydroxylation sites is 1. The van der Waals surface area contributed by atoms with E-state index < -0.39 is 0 Å². The fourth-order valence-electron chi connectivity index (χ4n) is 2.40. The van der Waals surface area contributed by atoms with Gasteiger partial charge in [-0.25, -0.2) is 0 Å². The van der Waals surface area contributed by atoms with Crippen LogP contribution in [0.4, 0.5) is 0 Å². The van der Waals surface area contributed by atoms with Crippen molar-refractivity contribution in [1.82, 2.24) is 5.32 Å². The second-order valence-electron chi connectivity index (χ2n) is 4.99. The van der Waals surface area contributed by atoms with Crippen LogP contribution in [0.1, 0.15) is 30.9 Å². The Kier molecular flexibility index (Phi) is 6.84. The molecule has 4 nitrogen and oxygen atoms in total. The Morgan fingerprint density at radius 1 is 1.20 bits per heavy atom. The summed E-state index contributed by atoms with van der Waals surface area (Å²) in [4.78, 5) is 0. The standard InChI is InChI=1S/C16H25NO3/c1-18-12-13-19-10-5-4-9-17-15-8-11-20-16-7-3-2-6-14(15)16/h2-3,6-7,15,17H,4-5,8-13H2,1H3. The van der Waals surface area contributed by atoms with Gasteiger partial charge in [-0.05, 0) is 25.5 Å². The van der Waals surface area contributed by atoms with Crippen LogP contribution in [0, 0.1) is 0 Å². The number of hydrogen-bond donors (Lipinski definition) is 1. The molecule has 1 aliphatic heterocycles. The molecule has 1 aromatic carbocycles. The van der Waals surface area contributed by atoms with Crippen LogP contribution in [0.15, 0.2) is 24.3 Å². The molecule has 1 aliphatic rings. The minimum Gasteiger partial charge on any atom is -0.493 e. The van der Waals surface area contributed by atoms with E-state index in [1.807, 2.05) is 12.1 Å². The number of fused-ring (bicyclic) bond motifs is 1. The average molecular weight is 279 g/mol. The zero-order chi connectivity index (χ0) is 14.0. The van der Waals surface area contributed by atoms with E-state index in [-0.39, 0.29) is 0 Å². The summed E-state index contributed by atoms with van der Waals surface area (Å²) >= 11 is 0. The van der Waals surface area contributed by atoms with Crippen LogP contribution in [0.25, 0.3) is 0 Å². The van der Waals surface area contributed by atoms with Gasteiger partial charge in [0.05, 0.1) is 19.8 Å². The van der Waals surface area contributed by atoms with Gasteiger partial charge in [0.25, 0.3) is 0 Å². The summed E-state index contributed by atoms with van der Waals surface area (Å²) in [5.41, 5.74) is 1.29. The van der Waals surface area contributed by atoms with Crippen molar-refractivity contribution in [3.8, 4) is 5.75 Å². The fourth-order valence-corrected chi connectivity index (χ4v) is 2.40. The Labute approximate surface area is 121 Å². The summed E-state index contributed by atoms with van der Waals surface area (Å²) in [5, 5.41) is 3.62. The highest BCUT2D eigenvalue weighted by atomic mass is 16.5. The highest BCUT2D eigenvalue weighted by molar-refractivity contribution is 5.37. The van der Waals surface area contributed by atoms with Gasteiger partial charge in [0.15, 0.2) is 0 Å². The highest BCUT2D eigenvalue weighted by Gasteiger charge is 2.19. The lowest BCUT2D eigenvalue weighted by Gasteiger charge is -2.26. The summed E-state index contributed by atoms with van der Waals surface area (Å²) in [6.07, 6.45) is 3.26. The first-order valence-electron chi connectivity index (χ1n) is 7.43. The first-order chi connectivity index (χ1) is 9.92. The smallest absolute Gasteiger partial charge is 0.124 e. The molecule has 1 N–H and O–H groups in total. The SMILES string of the molecule is COCCOCCCCNC1CCOc2ccccc21. The topological polar surface area (TPSA) is 39.7 Å². The molecule has 2 rings (SSSR count). The first-order valence-corrected chi connectivity index (χ1v) is 7.43. The summed E-state index contributed by atoms with van der Waals surface area (Å²) in [6, 6.07) is 8.73. The number of methoxy groups -OCH3 is 1. The molecular formula is C16H25NO3. The summed E-state index contributed by atoms with van der Waals surface area (Å²) < 4.78 is 16.0. The largest absolute Gasteiger partial charge is 0.493 e. The zero-order valence-corrected chi connectivity index (χ0v) is 12.3. The number of hydrogen-bond acceptors (Lipinski definition) is 4. The van der Waals surface area contributed by atoms with E-state index >= 15 is 0 Å². The maximum absolute atomic E-state index is 5.66. The molecule has 0 amide bonds. The van der Waals surface area contributed by atoms with Gasteiger partial charge in [0.1, 0.15) is 5.75 Å². The number of rotatable bonds is 9. The third-order valence-corrected chi connectivity index (χ3v) is 3.50. The summed E-state index contributed by atoms with van der Waals surface area (Å²) in [6.45, 7) is 4.01. The van der Waals surface area contributed by atoms with Crippen LogP contribution in [0.5, 0.6) is 5.75 Å². The highest BCUT2D eigenvalue weighted by Crippen LogP contribution is 2.31. The molecule has 1 atom stereocenters. The lowest BCUT2D eigenvalue weighted by Crippen LogP contribution is -2.28. The van der Waals surface area contributed by atoms with E-state index in [2.05, 4.69) is 17.4 Å². The molecular weight excluding hydrogens is 254 g/mol. The van der Waals surface area contributed by atoms with Crippen LogP contribution in [0.2, 0.25) is 0 Å². The Hall–Kier alpha value is -1.10. The second kappa shape index (κ2) is 8.95. The maximum atomic E-state index is 5.66. The minimum absolute atomic E-state index is 0.425. The van der Waals surface area contributed by atoms with E-state index in [1.165, 1.54) is 5.56 Å². The zero-order valence-electron chi connectivity index (χ0n) is 12.3. The van der Waals surface area contributed by atoms with E-state index in [0.29, 0.717) is 19.3 Å². The lowest BCUT2D eigenvalue weighted by atomic mass is 10.0. The van der Waals surface area contributed by atoms with Crippen molar-refractivity contribution < 1.29 is 14.2 Å². The average Bonchev–Trinajstić information content (AvgIpc) is 2.50. The van der Waals surface area contributed by atoms with Gasteiger partial charge in [-0.2, -0.15) is 0 Å². The Bertz CT molecular complexity index is 384. The second-order valence-corrected chi connectivity index (χ2v) is 4.99. The molecule has 4 heteroatoms. The molecule has 0 radical (unpaired) electrons. The molecule has 1 heterocycles. The minimum atomic E-state index is 0.425. The molecule has 0 fully saturated rings. The molecule has 20 heavy (non-hydrogen) atoms. The van der Waals surface area contributed by atoms with Crippen molar-refractivity contribution in [2.45, 2.75) is 25.3 Å².